The van der Waals surface area contributed by atoms with Gasteiger partial charge < -0.3 is 0 Å². The van der Waals surface area contributed by atoms with Gasteiger partial charge in [-0.05, 0) is 0 Å². The summed E-state index contributed by atoms with van der Waals surface area (Å²) in [6, 6.07) is 0. The first-order valence-electron chi connectivity index (χ1n) is 0. The van der Waals surface area contributed by atoms with Crippen LogP contribution in [0.5, 0.6) is 0 Å². The second kappa shape index (κ2) is 25.5. The van der Waals surface area contributed by atoms with E-state index >= 15 is 0 Å². The first-order chi connectivity index (χ1) is 0. The first kappa shape index (κ1) is 38.2. The standard InChI is InChI=1S/3Pd.2Sb.12H/q3*+2;2*-3;;;;;;;;;;;;. The van der Waals surface area contributed by atoms with E-state index in [0.29, 0.717) is 0 Å². The quantitative estimate of drug-likeness (QED) is 0.259. The van der Waals surface area contributed by atoms with Crippen molar-refractivity contribution in [2.24, 2.45) is 0 Å². The van der Waals surface area contributed by atoms with E-state index < -0.39 is 0 Å². The average molecular weight is 575 g/mol. The van der Waals surface area contributed by atoms with E-state index in [4.69, 9.17) is 0 Å². The van der Waals surface area contributed by atoms with Crippen molar-refractivity contribution in [3.05, 3.63) is 0 Å². The fourth-order valence-electron chi connectivity index (χ4n) is 0. The SMILES string of the molecule is [Pd+2].[Pd+2].[Pd+2].[SbH6-3].[SbH6-3]. The van der Waals surface area contributed by atoms with E-state index in [-0.39, 0.29) is 110 Å². The summed E-state index contributed by atoms with van der Waals surface area (Å²) in [7, 11) is 0. The monoisotopic (exact) mass is 572 g/mol. The Morgan fingerprint density at radius 1 is 0.400 bits per heavy atom. The van der Waals surface area contributed by atoms with Crippen molar-refractivity contribution in [2.45, 2.75) is 0 Å². The second-order valence-corrected chi connectivity index (χ2v) is 0. The Balaban J connectivity index is 0. The molecule has 0 aliphatic heterocycles. The molecule has 0 aliphatic carbocycles. The van der Waals surface area contributed by atoms with E-state index in [9.17, 15) is 0 Å². The molecule has 0 heterocycles. The molecule has 0 spiro atoms. The predicted octanol–water partition coefficient (Wildman–Crippen LogP) is -3.98. The van der Waals surface area contributed by atoms with Crippen LogP contribution in [-0.2, 0) is 61.3 Å². The van der Waals surface area contributed by atoms with Crippen LogP contribution in [-0.4, -0.2) is 48.9 Å². The van der Waals surface area contributed by atoms with Gasteiger partial charge in [-0.25, -0.2) is 0 Å². The molecule has 0 aliphatic rings. The van der Waals surface area contributed by atoms with Crippen molar-refractivity contribution < 1.29 is 61.3 Å². The van der Waals surface area contributed by atoms with E-state index in [0.717, 1.165) is 0 Å². The van der Waals surface area contributed by atoms with Gasteiger partial charge in [-0.1, -0.05) is 0 Å². The Kier molecular flexibility index (Phi) is 194. The minimum atomic E-state index is 0. The van der Waals surface area contributed by atoms with Crippen LogP contribution in [0.4, 0.5) is 0 Å². The van der Waals surface area contributed by atoms with Gasteiger partial charge in [0, 0.05) is 0 Å². The average Bonchev–Trinajstić information content (AvgIpc) is 0. The molecule has 5 heteroatoms. The molecule has 0 atom stereocenters. The van der Waals surface area contributed by atoms with Crippen molar-refractivity contribution in [3.63, 3.8) is 0 Å². The Morgan fingerprint density at radius 3 is 0.400 bits per heavy atom. The third-order valence-electron chi connectivity index (χ3n) is 0. The van der Waals surface area contributed by atoms with Crippen LogP contribution in [0.3, 0.4) is 0 Å². The van der Waals surface area contributed by atoms with Crippen LogP contribution in [0.2, 0.25) is 0 Å². The molecule has 0 aromatic heterocycles. The zero-order valence-corrected chi connectivity index (χ0v) is 5.61. The molecule has 0 saturated heterocycles. The molecule has 0 nitrogen and oxygen atoms in total. The van der Waals surface area contributed by atoms with Gasteiger partial charge >= 0.3 is 110 Å². The molecule has 0 aromatic carbocycles. The summed E-state index contributed by atoms with van der Waals surface area (Å²) in [5.74, 6) is 0. The molecule has 0 fully saturated rings. The normalized spacial score (nSPS) is 0. The van der Waals surface area contributed by atoms with Gasteiger partial charge in [0.2, 0.25) is 0 Å². The van der Waals surface area contributed by atoms with Gasteiger partial charge in [-0.15, -0.1) is 0 Å². The summed E-state index contributed by atoms with van der Waals surface area (Å²) in [6.07, 6.45) is 0. The van der Waals surface area contributed by atoms with E-state index in [2.05, 4.69) is 0 Å². The maximum atomic E-state index is 0. The zero-order chi connectivity index (χ0) is 0. The van der Waals surface area contributed by atoms with Crippen molar-refractivity contribution in [2.75, 3.05) is 0 Å². The van der Waals surface area contributed by atoms with Gasteiger partial charge in [0.05, 0.1) is 0 Å². The summed E-state index contributed by atoms with van der Waals surface area (Å²) < 4.78 is 0. The molecule has 0 amide bonds. The second-order valence-electron chi connectivity index (χ2n) is 0. The first-order valence-corrected chi connectivity index (χ1v) is 0. The molecule has 0 saturated carbocycles. The summed E-state index contributed by atoms with van der Waals surface area (Å²) in [5, 5.41) is 0. The molecule has 0 unspecified atom stereocenters. The molecule has 52 valence electrons. The van der Waals surface area contributed by atoms with Gasteiger partial charge in [0.25, 0.3) is 0 Å². The van der Waals surface area contributed by atoms with Crippen LogP contribution in [0, 0.1) is 0 Å². The van der Waals surface area contributed by atoms with Crippen LogP contribution in [0.1, 0.15) is 0 Å². The van der Waals surface area contributed by atoms with Crippen molar-refractivity contribution >= 4 is 48.9 Å². The van der Waals surface area contributed by atoms with Gasteiger partial charge in [-0.3, -0.25) is 0 Å². The third-order valence-corrected chi connectivity index (χ3v) is 0. The van der Waals surface area contributed by atoms with Crippen LogP contribution in [0.15, 0.2) is 0 Å². The van der Waals surface area contributed by atoms with Crippen LogP contribution < -0.4 is 0 Å². The molecule has 0 rings (SSSR count). The van der Waals surface area contributed by atoms with E-state index in [1.807, 2.05) is 0 Å². The van der Waals surface area contributed by atoms with Crippen LogP contribution in [0.25, 0.3) is 0 Å². The van der Waals surface area contributed by atoms with Crippen molar-refractivity contribution in [3.8, 4) is 0 Å². The fourth-order valence-corrected chi connectivity index (χ4v) is 0. The Hall–Kier alpha value is 3.62. The Bertz CT molecular complexity index is 4.85. The molecular formula is H12Pd3Sb2. The predicted molar refractivity (Wildman–Crippen MR) is 28.2 cm³/mol. The summed E-state index contributed by atoms with van der Waals surface area (Å²) >= 11 is 0. The van der Waals surface area contributed by atoms with Gasteiger partial charge in [-0.2, -0.15) is 0 Å². The number of hydrogen-bond acceptors (Lipinski definition) is 0. The van der Waals surface area contributed by atoms with Gasteiger partial charge in [0.15, 0.2) is 0 Å². The number of rotatable bonds is 0. The topological polar surface area (TPSA) is 0 Å². The zero-order valence-electron chi connectivity index (χ0n) is 0.949. The summed E-state index contributed by atoms with van der Waals surface area (Å²) in [5.41, 5.74) is 0. The Labute approximate surface area is 108 Å². The summed E-state index contributed by atoms with van der Waals surface area (Å²) in [6.45, 7) is 0. The third kappa shape index (κ3) is 18.4. The van der Waals surface area contributed by atoms with E-state index in [1.165, 1.54) is 0 Å². The fraction of sp³-hybridized carbons (Fsp3) is 0. The van der Waals surface area contributed by atoms with E-state index in [1.54, 1.807) is 0 Å². The minimum absolute atomic E-state index is 0. The van der Waals surface area contributed by atoms with Crippen molar-refractivity contribution in [1.29, 1.82) is 0 Å². The molecular weight excluding hydrogens is 563 g/mol. The molecule has 5 heavy (non-hydrogen) atoms. The molecule has 0 radical (unpaired) electrons. The van der Waals surface area contributed by atoms with Crippen LogP contribution >= 0.6 is 0 Å². The molecule has 0 N–H and O–H groups in total. The molecule has 0 bridgehead atoms. The molecule has 0 aromatic rings. The maximum absolute atomic E-state index is 0. The summed E-state index contributed by atoms with van der Waals surface area (Å²) in [4.78, 5) is 0. The number of hydrogen-bond donors (Lipinski definition) is 0. The van der Waals surface area contributed by atoms with Gasteiger partial charge in [0.1, 0.15) is 0 Å². The van der Waals surface area contributed by atoms with Crippen molar-refractivity contribution in [1.82, 2.24) is 0 Å². The Morgan fingerprint density at radius 2 is 0.400 bits per heavy atom.